The van der Waals surface area contributed by atoms with Gasteiger partial charge in [0.1, 0.15) is 10.9 Å². The minimum atomic E-state index is 0.744. The van der Waals surface area contributed by atoms with Crippen LogP contribution in [0, 0.1) is 11.3 Å². The van der Waals surface area contributed by atoms with E-state index >= 15 is 0 Å². The Labute approximate surface area is 67.7 Å². The highest BCUT2D eigenvalue weighted by molar-refractivity contribution is 7.19. The van der Waals surface area contributed by atoms with E-state index in [-0.39, 0.29) is 0 Å². The topological polar surface area (TPSA) is 36.7 Å². The number of hydrogen-bond donors (Lipinski definition) is 0. The van der Waals surface area contributed by atoms with Crippen molar-refractivity contribution in [1.82, 2.24) is 4.98 Å². The van der Waals surface area contributed by atoms with Crippen LogP contribution in [0.15, 0.2) is 24.5 Å². The number of rotatable bonds is 0. The maximum atomic E-state index is 8.58. The Balaban J connectivity index is 2.81. The number of pyridine rings is 1. The summed E-state index contributed by atoms with van der Waals surface area (Å²) in [6.07, 6.45) is 3.51. The van der Waals surface area contributed by atoms with Crippen molar-refractivity contribution < 1.29 is 0 Å². The van der Waals surface area contributed by atoms with E-state index in [2.05, 4.69) is 11.1 Å². The lowest BCUT2D eigenvalue weighted by molar-refractivity contribution is 1.37. The molecule has 2 rings (SSSR count). The number of fused-ring (bicyclic) bond motifs is 1. The highest BCUT2D eigenvalue weighted by Crippen LogP contribution is 2.23. The predicted molar refractivity (Wildman–Crippen MR) is 44.3 cm³/mol. The molecular weight excluding hydrogens is 156 g/mol. The van der Waals surface area contributed by atoms with Gasteiger partial charge in [-0.1, -0.05) is 0 Å². The van der Waals surface area contributed by atoms with Crippen molar-refractivity contribution in [3.8, 4) is 6.07 Å². The summed E-state index contributed by atoms with van der Waals surface area (Å²) in [5.41, 5.74) is 0. The molecular formula is C8H4N2S. The number of nitriles is 1. The molecule has 52 valence electrons. The van der Waals surface area contributed by atoms with Crippen LogP contribution in [0.1, 0.15) is 4.88 Å². The zero-order valence-electron chi connectivity index (χ0n) is 5.61. The molecule has 11 heavy (non-hydrogen) atoms. The maximum Gasteiger partial charge on any atom is 0.110 e. The summed E-state index contributed by atoms with van der Waals surface area (Å²) in [4.78, 5) is 4.71. The molecule has 2 nitrogen and oxygen atoms in total. The van der Waals surface area contributed by atoms with E-state index in [9.17, 15) is 0 Å². The highest BCUT2D eigenvalue weighted by Gasteiger charge is 1.98. The summed E-state index contributed by atoms with van der Waals surface area (Å²) in [5, 5.41) is 9.68. The SMILES string of the molecule is N#Cc1cc2ccncc2s1. The fourth-order valence-corrected chi connectivity index (χ4v) is 1.77. The first-order valence-electron chi connectivity index (χ1n) is 3.14. The van der Waals surface area contributed by atoms with Crippen LogP contribution < -0.4 is 0 Å². The second-order valence-corrected chi connectivity index (χ2v) is 3.22. The fourth-order valence-electron chi connectivity index (χ4n) is 0.940. The molecule has 3 heteroatoms. The largest absolute Gasteiger partial charge is 0.263 e. The molecule has 0 aromatic carbocycles. The average molecular weight is 160 g/mol. The van der Waals surface area contributed by atoms with E-state index in [4.69, 9.17) is 5.26 Å². The molecule has 2 aromatic rings. The van der Waals surface area contributed by atoms with Gasteiger partial charge in [0.2, 0.25) is 0 Å². The predicted octanol–water partition coefficient (Wildman–Crippen LogP) is 2.17. The third kappa shape index (κ3) is 0.975. The number of nitrogens with zero attached hydrogens (tertiary/aromatic N) is 2. The minimum absolute atomic E-state index is 0.744. The maximum absolute atomic E-state index is 8.58. The molecule has 0 saturated heterocycles. The Morgan fingerprint density at radius 1 is 1.55 bits per heavy atom. The Morgan fingerprint density at radius 2 is 2.45 bits per heavy atom. The summed E-state index contributed by atoms with van der Waals surface area (Å²) >= 11 is 1.47. The molecule has 2 heterocycles. The molecule has 0 saturated carbocycles. The van der Waals surface area contributed by atoms with E-state index in [1.807, 2.05) is 12.1 Å². The quantitative estimate of drug-likeness (QED) is 0.592. The number of thiophene rings is 1. The van der Waals surface area contributed by atoms with Gasteiger partial charge in [-0.25, -0.2) is 0 Å². The molecule has 0 spiro atoms. The van der Waals surface area contributed by atoms with Gasteiger partial charge in [0.05, 0.1) is 4.70 Å². The molecule has 0 aliphatic heterocycles. The molecule has 0 N–H and O–H groups in total. The van der Waals surface area contributed by atoms with Crippen molar-refractivity contribution in [1.29, 1.82) is 5.26 Å². The lowest BCUT2D eigenvalue weighted by Crippen LogP contribution is -1.64. The van der Waals surface area contributed by atoms with Gasteiger partial charge in [-0.3, -0.25) is 4.98 Å². The fraction of sp³-hybridized carbons (Fsp3) is 0. The lowest BCUT2D eigenvalue weighted by Gasteiger charge is -1.81. The van der Waals surface area contributed by atoms with Gasteiger partial charge in [0, 0.05) is 12.4 Å². The molecule has 0 aliphatic rings. The second kappa shape index (κ2) is 2.33. The van der Waals surface area contributed by atoms with Crippen molar-refractivity contribution in [3.05, 3.63) is 29.4 Å². The van der Waals surface area contributed by atoms with Crippen LogP contribution in [-0.4, -0.2) is 4.98 Å². The van der Waals surface area contributed by atoms with Crippen LogP contribution >= 0.6 is 11.3 Å². The number of aromatic nitrogens is 1. The van der Waals surface area contributed by atoms with Crippen LogP contribution in [0.4, 0.5) is 0 Å². The van der Waals surface area contributed by atoms with Gasteiger partial charge >= 0.3 is 0 Å². The highest BCUT2D eigenvalue weighted by atomic mass is 32.1. The number of hydrogen-bond acceptors (Lipinski definition) is 3. The Morgan fingerprint density at radius 3 is 3.18 bits per heavy atom. The minimum Gasteiger partial charge on any atom is -0.263 e. The van der Waals surface area contributed by atoms with Crippen LogP contribution in [-0.2, 0) is 0 Å². The zero-order chi connectivity index (χ0) is 7.68. The molecule has 0 bridgehead atoms. The summed E-state index contributed by atoms with van der Waals surface area (Å²) in [5.74, 6) is 0. The van der Waals surface area contributed by atoms with Crippen molar-refractivity contribution >= 4 is 21.4 Å². The first-order valence-corrected chi connectivity index (χ1v) is 3.95. The van der Waals surface area contributed by atoms with Gasteiger partial charge in [-0.05, 0) is 17.5 Å². The Hall–Kier alpha value is -1.40. The normalized spacial score (nSPS) is 9.73. The molecule has 2 aromatic heterocycles. The summed E-state index contributed by atoms with van der Waals surface area (Å²) in [6, 6.07) is 5.89. The van der Waals surface area contributed by atoms with E-state index in [0.29, 0.717) is 0 Å². The molecule has 0 aliphatic carbocycles. The van der Waals surface area contributed by atoms with E-state index < -0.39 is 0 Å². The van der Waals surface area contributed by atoms with E-state index in [1.165, 1.54) is 11.3 Å². The second-order valence-electron chi connectivity index (χ2n) is 2.14. The van der Waals surface area contributed by atoms with E-state index in [1.54, 1.807) is 12.4 Å². The monoisotopic (exact) mass is 160 g/mol. The van der Waals surface area contributed by atoms with Crippen molar-refractivity contribution in [2.24, 2.45) is 0 Å². The van der Waals surface area contributed by atoms with Crippen molar-refractivity contribution in [2.45, 2.75) is 0 Å². The molecule has 0 radical (unpaired) electrons. The van der Waals surface area contributed by atoms with Gasteiger partial charge in [0.15, 0.2) is 0 Å². The van der Waals surface area contributed by atoms with Crippen molar-refractivity contribution in [2.75, 3.05) is 0 Å². The smallest absolute Gasteiger partial charge is 0.110 e. The van der Waals surface area contributed by atoms with Crippen molar-refractivity contribution in [3.63, 3.8) is 0 Å². The summed E-state index contributed by atoms with van der Waals surface area (Å²) < 4.78 is 1.07. The Bertz CT molecular complexity index is 392. The van der Waals surface area contributed by atoms with Gasteiger partial charge in [-0.2, -0.15) is 5.26 Å². The molecule has 0 atom stereocenters. The third-order valence-electron chi connectivity index (χ3n) is 1.43. The summed E-state index contributed by atoms with van der Waals surface area (Å²) in [6.45, 7) is 0. The standard InChI is InChI=1S/C8H4N2S/c9-4-7-3-6-1-2-10-5-8(6)11-7/h1-3,5H. The average Bonchev–Trinajstić information content (AvgIpc) is 2.46. The third-order valence-corrected chi connectivity index (χ3v) is 2.42. The first kappa shape index (κ1) is 6.32. The zero-order valence-corrected chi connectivity index (χ0v) is 6.43. The van der Waals surface area contributed by atoms with Crippen LogP contribution in [0.2, 0.25) is 0 Å². The first-order chi connectivity index (χ1) is 5.40. The van der Waals surface area contributed by atoms with Crippen LogP contribution in [0.5, 0.6) is 0 Å². The molecule has 0 amide bonds. The molecule has 0 unspecified atom stereocenters. The molecule has 0 fully saturated rings. The lowest BCUT2D eigenvalue weighted by atomic mass is 10.3. The van der Waals surface area contributed by atoms with Crippen LogP contribution in [0.3, 0.4) is 0 Å². The van der Waals surface area contributed by atoms with E-state index in [0.717, 1.165) is 15.0 Å². The Kier molecular flexibility index (Phi) is 1.34. The van der Waals surface area contributed by atoms with Crippen LogP contribution in [0.25, 0.3) is 10.1 Å². The summed E-state index contributed by atoms with van der Waals surface area (Å²) in [7, 11) is 0. The van der Waals surface area contributed by atoms with Gasteiger partial charge in [0.25, 0.3) is 0 Å². The van der Waals surface area contributed by atoms with Gasteiger partial charge in [-0.15, -0.1) is 11.3 Å². The van der Waals surface area contributed by atoms with Gasteiger partial charge < -0.3 is 0 Å².